The van der Waals surface area contributed by atoms with Crippen LogP contribution in [0.25, 0.3) is 0 Å². The molecule has 1 fully saturated rings. The number of ether oxygens (including phenoxy) is 3. The van der Waals surface area contributed by atoms with E-state index in [2.05, 4.69) is 6.58 Å². The molecule has 19 heavy (non-hydrogen) atoms. The molecular weight excluding hydrogens is 256 g/mol. The van der Waals surface area contributed by atoms with E-state index in [9.17, 15) is 15.3 Å². The molecule has 1 aliphatic rings. The van der Waals surface area contributed by atoms with Crippen molar-refractivity contribution in [3.8, 4) is 0 Å². The second-order valence-electron chi connectivity index (χ2n) is 4.24. The predicted octanol–water partition coefficient (Wildman–Crippen LogP) is -1.26. The molecule has 0 aromatic heterocycles. The van der Waals surface area contributed by atoms with Crippen LogP contribution >= 0.6 is 0 Å². The number of hydrogen-bond acceptors (Lipinski definition) is 7. The van der Waals surface area contributed by atoms with Crippen LogP contribution in [0.15, 0.2) is 12.7 Å². The lowest BCUT2D eigenvalue weighted by molar-refractivity contribution is -0.336. The van der Waals surface area contributed by atoms with E-state index in [0.29, 0.717) is 13.0 Å². The van der Waals surface area contributed by atoms with E-state index < -0.39 is 43.6 Å². The van der Waals surface area contributed by atoms with Gasteiger partial charge in [0.25, 0.3) is 0 Å². The zero-order valence-electron chi connectivity index (χ0n) is 10.9. The zero-order chi connectivity index (χ0) is 14.4. The summed E-state index contributed by atoms with van der Waals surface area (Å²) in [5.41, 5.74) is 0. The monoisotopic (exact) mass is 278 g/mol. The van der Waals surface area contributed by atoms with E-state index in [1.807, 2.05) is 0 Å². The predicted molar refractivity (Wildman–Crippen MR) is 65.1 cm³/mol. The Labute approximate surface area is 112 Å². The van der Waals surface area contributed by atoms with Crippen molar-refractivity contribution in [1.82, 2.24) is 0 Å². The summed E-state index contributed by atoms with van der Waals surface area (Å²) in [7, 11) is 0. The Balaban J connectivity index is 2.66. The minimum absolute atomic E-state index is 0.378. The molecule has 0 aliphatic carbocycles. The zero-order valence-corrected chi connectivity index (χ0v) is 10.9. The number of rotatable bonds is 7. The third kappa shape index (κ3) is 4.22. The molecule has 0 radical (unpaired) electrons. The lowest BCUT2D eigenvalue weighted by Gasteiger charge is -2.40. The summed E-state index contributed by atoms with van der Waals surface area (Å²) >= 11 is 0. The fourth-order valence-electron chi connectivity index (χ4n) is 1.81. The van der Waals surface area contributed by atoms with Crippen LogP contribution < -0.4 is 0 Å². The summed E-state index contributed by atoms with van der Waals surface area (Å²) < 4.78 is 15.9. The van der Waals surface area contributed by atoms with Crippen LogP contribution in [0.1, 0.15) is 13.3 Å². The van der Waals surface area contributed by atoms with E-state index in [-0.39, 0.29) is 0 Å². The quantitative estimate of drug-likeness (QED) is 0.340. The van der Waals surface area contributed by atoms with E-state index >= 15 is 0 Å². The molecule has 7 heteroatoms. The van der Waals surface area contributed by atoms with Gasteiger partial charge in [-0.2, -0.15) is 0 Å². The number of hydrogen-bond donors (Lipinski definition) is 4. The lowest BCUT2D eigenvalue weighted by atomic mass is 9.99. The first-order valence-electron chi connectivity index (χ1n) is 6.23. The fourth-order valence-corrected chi connectivity index (χ4v) is 1.81. The van der Waals surface area contributed by atoms with Crippen molar-refractivity contribution in [3.63, 3.8) is 0 Å². The van der Waals surface area contributed by atoms with Gasteiger partial charge in [-0.3, -0.25) is 0 Å². The summed E-state index contributed by atoms with van der Waals surface area (Å²) in [5.74, 6) is 0. The average Bonchev–Trinajstić information content (AvgIpc) is 2.40. The van der Waals surface area contributed by atoms with E-state index in [0.717, 1.165) is 0 Å². The molecular formula is C12H22O7. The molecule has 112 valence electrons. The standard InChI is InChI=1S/C12H22O7/c1-3-5-8(17-4-2)19-12-11(16)10(15)9(14)7(6-13)18-12/h3,7-16H,1,4-6H2,2H3/t7-,8?,9-,10+,11+,12+/m1/s1. The van der Waals surface area contributed by atoms with E-state index in [4.69, 9.17) is 19.3 Å². The van der Waals surface area contributed by atoms with Crippen LogP contribution in [-0.2, 0) is 14.2 Å². The molecule has 0 spiro atoms. The van der Waals surface area contributed by atoms with Gasteiger partial charge in [0, 0.05) is 13.0 Å². The molecule has 0 aromatic rings. The Kier molecular flexibility index (Phi) is 6.87. The summed E-state index contributed by atoms with van der Waals surface area (Å²) in [5, 5.41) is 38.1. The van der Waals surface area contributed by atoms with Crippen molar-refractivity contribution in [3.05, 3.63) is 12.7 Å². The van der Waals surface area contributed by atoms with Crippen molar-refractivity contribution in [2.75, 3.05) is 13.2 Å². The summed E-state index contributed by atoms with van der Waals surface area (Å²) in [4.78, 5) is 0. The molecule has 1 heterocycles. The highest BCUT2D eigenvalue weighted by molar-refractivity contribution is 4.89. The Hall–Kier alpha value is -0.540. The maximum Gasteiger partial charge on any atom is 0.189 e. The van der Waals surface area contributed by atoms with Gasteiger partial charge in [-0.15, -0.1) is 6.58 Å². The van der Waals surface area contributed by atoms with Crippen molar-refractivity contribution < 1.29 is 34.6 Å². The van der Waals surface area contributed by atoms with Gasteiger partial charge in [-0.1, -0.05) is 6.08 Å². The largest absolute Gasteiger partial charge is 0.394 e. The average molecular weight is 278 g/mol. The smallest absolute Gasteiger partial charge is 0.189 e. The fraction of sp³-hybridized carbons (Fsp3) is 0.833. The highest BCUT2D eigenvalue weighted by Gasteiger charge is 2.44. The molecule has 1 saturated heterocycles. The van der Waals surface area contributed by atoms with Crippen LogP contribution in [0.2, 0.25) is 0 Å². The van der Waals surface area contributed by atoms with Gasteiger partial charge in [0.1, 0.15) is 24.4 Å². The first-order chi connectivity index (χ1) is 9.04. The van der Waals surface area contributed by atoms with Gasteiger partial charge in [-0.25, -0.2) is 0 Å². The Morgan fingerprint density at radius 1 is 1.26 bits per heavy atom. The Morgan fingerprint density at radius 3 is 2.47 bits per heavy atom. The molecule has 1 aliphatic heterocycles. The van der Waals surface area contributed by atoms with Gasteiger partial charge in [0.2, 0.25) is 0 Å². The highest BCUT2D eigenvalue weighted by atomic mass is 16.8. The maximum atomic E-state index is 9.78. The molecule has 1 unspecified atom stereocenters. The maximum absolute atomic E-state index is 9.78. The highest BCUT2D eigenvalue weighted by Crippen LogP contribution is 2.23. The molecule has 0 amide bonds. The van der Waals surface area contributed by atoms with Gasteiger partial charge < -0.3 is 34.6 Å². The normalized spacial score (nSPS) is 37.0. The first-order valence-corrected chi connectivity index (χ1v) is 6.23. The van der Waals surface area contributed by atoms with Crippen molar-refractivity contribution in [2.45, 2.75) is 50.3 Å². The summed E-state index contributed by atoms with van der Waals surface area (Å²) in [6.07, 6.45) is -5.17. The molecule has 7 nitrogen and oxygen atoms in total. The molecule has 0 aromatic carbocycles. The number of aliphatic hydroxyl groups is 4. The first kappa shape index (κ1) is 16.5. The topological polar surface area (TPSA) is 109 Å². The minimum Gasteiger partial charge on any atom is -0.394 e. The summed E-state index contributed by atoms with van der Waals surface area (Å²) in [6.45, 7) is 5.25. The molecule has 0 saturated carbocycles. The third-order valence-corrected chi connectivity index (χ3v) is 2.85. The van der Waals surface area contributed by atoms with Gasteiger partial charge in [0.15, 0.2) is 12.6 Å². The Morgan fingerprint density at radius 2 is 1.95 bits per heavy atom. The summed E-state index contributed by atoms with van der Waals surface area (Å²) in [6, 6.07) is 0. The van der Waals surface area contributed by atoms with Gasteiger partial charge in [-0.05, 0) is 6.92 Å². The van der Waals surface area contributed by atoms with Crippen LogP contribution in [0.5, 0.6) is 0 Å². The lowest BCUT2D eigenvalue weighted by Crippen LogP contribution is -2.59. The second-order valence-corrected chi connectivity index (χ2v) is 4.24. The minimum atomic E-state index is -1.46. The van der Waals surface area contributed by atoms with Crippen LogP contribution in [0.4, 0.5) is 0 Å². The van der Waals surface area contributed by atoms with Crippen molar-refractivity contribution in [2.24, 2.45) is 0 Å². The van der Waals surface area contributed by atoms with Crippen molar-refractivity contribution in [1.29, 1.82) is 0 Å². The molecule has 1 rings (SSSR count). The van der Waals surface area contributed by atoms with Crippen LogP contribution in [0.3, 0.4) is 0 Å². The molecule has 0 bridgehead atoms. The SMILES string of the molecule is C=CCC(OCC)O[C@@H]1O[C@H](CO)[C@@H](O)[C@H](O)[C@@H]1O. The van der Waals surface area contributed by atoms with E-state index in [1.54, 1.807) is 13.0 Å². The Bertz CT molecular complexity index is 271. The van der Waals surface area contributed by atoms with E-state index in [1.165, 1.54) is 0 Å². The third-order valence-electron chi connectivity index (χ3n) is 2.85. The van der Waals surface area contributed by atoms with Gasteiger partial charge >= 0.3 is 0 Å². The molecule has 4 N–H and O–H groups in total. The van der Waals surface area contributed by atoms with Crippen molar-refractivity contribution >= 4 is 0 Å². The molecule has 6 atom stereocenters. The van der Waals surface area contributed by atoms with Crippen LogP contribution in [0, 0.1) is 0 Å². The second kappa shape index (κ2) is 7.91. The number of aliphatic hydroxyl groups excluding tert-OH is 4. The van der Waals surface area contributed by atoms with Gasteiger partial charge in [0.05, 0.1) is 6.61 Å². The van der Waals surface area contributed by atoms with Crippen LogP contribution in [-0.4, -0.2) is 70.6 Å².